The molecule has 4 heteroatoms. The summed E-state index contributed by atoms with van der Waals surface area (Å²) in [7, 11) is 0. The fraction of sp³-hybridized carbons (Fsp3) is 0. The lowest BCUT2D eigenvalue weighted by atomic mass is 9.92. The summed E-state index contributed by atoms with van der Waals surface area (Å²) in [5.41, 5.74) is 8.81. The molecule has 0 aliphatic heterocycles. The van der Waals surface area contributed by atoms with E-state index in [0.29, 0.717) is 17.5 Å². The van der Waals surface area contributed by atoms with Gasteiger partial charge in [-0.15, -0.1) is 0 Å². The second kappa shape index (κ2) is 13.3. The molecule has 0 aliphatic carbocycles. The van der Waals surface area contributed by atoms with Crippen LogP contribution in [0.1, 0.15) is 0 Å². The van der Waals surface area contributed by atoms with Gasteiger partial charge >= 0.3 is 0 Å². The van der Waals surface area contributed by atoms with Crippen molar-refractivity contribution in [3.8, 4) is 51.0 Å². The quantitative estimate of drug-likeness (QED) is 0.165. The lowest BCUT2D eigenvalue weighted by Crippen LogP contribution is -2.00. The van der Waals surface area contributed by atoms with Crippen LogP contribution in [0.4, 0.5) is 0 Å². The first-order chi connectivity index (χ1) is 29.2. The largest absolute Gasteiger partial charge is 0.309 e. The standard InChI is InChI=1S/C55H34N4/c1-3-15-37(16-4-1)53-56-54(38-17-5-2-6-18-38)58-55(57-53)39-28-31-45-47(32-39)43-21-9-10-22-44(43)49-34-52-50(33-48(45)49)46-23-11-12-25-51(46)59(52)40-29-26-36(27-30-40)42-24-13-19-35-14-7-8-20-41(35)42/h1-34H. The Labute approximate surface area is 340 Å². The summed E-state index contributed by atoms with van der Waals surface area (Å²) in [5, 5.41) is 12.2. The third-order valence-electron chi connectivity index (χ3n) is 11.8. The lowest BCUT2D eigenvalue weighted by molar-refractivity contribution is 1.07. The molecule has 12 aromatic rings. The summed E-state index contributed by atoms with van der Waals surface area (Å²) < 4.78 is 2.43. The van der Waals surface area contributed by atoms with Crippen LogP contribution >= 0.6 is 0 Å². The van der Waals surface area contributed by atoms with Gasteiger partial charge in [0.1, 0.15) is 0 Å². The van der Waals surface area contributed by atoms with E-state index in [1.165, 1.54) is 76.0 Å². The van der Waals surface area contributed by atoms with Gasteiger partial charge in [-0.1, -0.05) is 170 Å². The van der Waals surface area contributed by atoms with E-state index in [1.54, 1.807) is 0 Å². The molecule has 0 spiro atoms. The van der Waals surface area contributed by atoms with Gasteiger partial charge in [0.15, 0.2) is 17.5 Å². The van der Waals surface area contributed by atoms with Gasteiger partial charge in [0.25, 0.3) is 0 Å². The monoisotopic (exact) mass is 750 g/mol. The first-order valence-corrected chi connectivity index (χ1v) is 20.0. The van der Waals surface area contributed by atoms with Crippen LogP contribution in [0.25, 0.3) is 116 Å². The van der Waals surface area contributed by atoms with E-state index in [9.17, 15) is 0 Å². The van der Waals surface area contributed by atoms with Gasteiger partial charge in [0.05, 0.1) is 11.0 Å². The summed E-state index contributed by atoms with van der Waals surface area (Å²) in [4.78, 5) is 15.1. The molecule has 0 fully saturated rings. The maximum atomic E-state index is 5.07. The lowest BCUT2D eigenvalue weighted by Gasteiger charge is -2.14. The van der Waals surface area contributed by atoms with Crippen LogP contribution in [0, 0.1) is 0 Å². The SMILES string of the molecule is c1ccc(-c2nc(-c3ccccc3)nc(-c3ccc4c(c3)c3ccccc3c3cc5c(cc43)c3ccccc3n5-c3ccc(-c4cccc5ccccc45)cc3)n2)cc1. The fourth-order valence-electron chi connectivity index (χ4n) is 9.04. The Kier molecular flexibility index (Phi) is 7.50. The third kappa shape index (κ3) is 5.42. The van der Waals surface area contributed by atoms with Crippen molar-refractivity contribution in [1.82, 2.24) is 19.5 Å². The number of hydrogen-bond donors (Lipinski definition) is 0. The summed E-state index contributed by atoms with van der Waals surface area (Å²) in [6, 6.07) is 73.6. The number of nitrogens with zero attached hydrogens (tertiary/aromatic N) is 4. The molecule has 2 heterocycles. The summed E-state index contributed by atoms with van der Waals surface area (Å²) in [5.74, 6) is 1.95. The minimum Gasteiger partial charge on any atom is -0.309 e. The molecule has 10 aromatic carbocycles. The van der Waals surface area contributed by atoms with Crippen LogP contribution in [0.3, 0.4) is 0 Å². The highest BCUT2D eigenvalue weighted by Gasteiger charge is 2.18. The van der Waals surface area contributed by atoms with Gasteiger partial charge in [0.2, 0.25) is 0 Å². The normalized spacial score (nSPS) is 11.7. The Hall–Kier alpha value is -7.95. The zero-order valence-electron chi connectivity index (χ0n) is 31.9. The van der Waals surface area contributed by atoms with Crippen LogP contribution in [0.2, 0.25) is 0 Å². The number of aromatic nitrogens is 4. The highest BCUT2D eigenvalue weighted by molar-refractivity contribution is 6.29. The van der Waals surface area contributed by atoms with Crippen LogP contribution in [-0.2, 0) is 0 Å². The van der Waals surface area contributed by atoms with Crippen molar-refractivity contribution in [2.24, 2.45) is 0 Å². The molecule has 0 atom stereocenters. The van der Waals surface area contributed by atoms with Crippen molar-refractivity contribution in [3.63, 3.8) is 0 Å². The Morgan fingerprint density at radius 3 is 1.47 bits per heavy atom. The average Bonchev–Trinajstić information content (AvgIpc) is 3.64. The minimum atomic E-state index is 0.647. The molecule has 0 amide bonds. The van der Waals surface area contributed by atoms with Crippen molar-refractivity contribution in [1.29, 1.82) is 0 Å². The molecule has 4 nitrogen and oxygen atoms in total. The number of benzene rings is 10. The molecule has 0 unspecified atom stereocenters. The average molecular weight is 751 g/mol. The van der Waals surface area contributed by atoms with Gasteiger partial charge in [0, 0.05) is 33.2 Å². The topological polar surface area (TPSA) is 43.6 Å². The summed E-state index contributed by atoms with van der Waals surface area (Å²) in [6.07, 6.45) is 0. The summed E-state index contributed by atoms with van der Waals surface area (Å²) in [6.45, 7) is 0. The predicted molar refractivity (Wildman–Crippen MR) is 246 cm³/mol. The second-order valence-corrected chi connectivity index (χ2v) is 15.2. The van der Waals surface area contributed by atoms with Crippen LogP contribution in [0.15, 0.2) is 206 Å². The molecule has 0 aliphatic rings. The van der Waals surface area contributed by atoms with Gasteiger partial charge in [-0.3, -0.25) is 0 Å². The molecule has 0 saturated carbocycles. The van der Waals surface area contributed by atoms with E-state index in [1.807, 2.05) is 60.7 Å². The Morgan fingerprint density at radius 1 is 0.271 bits per heavy atom. The molecule has 0 N–H and O–H groups in total. The molecule has 12 rings (SSSR count). The van der Waals surface area contributed by atoms with Gasteiger partial charge in [-0.25, -0.2) is 15.0 Å². The van der Waals surface area contributed by atoms with Crippen molar-refractivity contribution >= 4 is 64.9 Å². The third-order valence-corrected chi connectivity index (χ3v) is 11.8. The van der Waals surface area contributed by atoms with E-state index in [0.717, 1.165) is 22.4 Å². The molecular formula is C55H34N4. The Morgan fingerprint density at radius 2 is 0.780 bits per heavy atom. The zero-order valence-corrected chi connectivity index (χ0v) is 31.9. The Balaban J connectivity index is 1.06. The van der Waals surface area contributed by atoms with Gasteiger partial charge < -0.3 is 4.57 Å². The number of rotatable bonds is 5. The predicted octanol–water partition coefficient (Wildman–Crippen LogP) is 14.2. The number of para-hydroxylation sites is 1. The number of hydrogen-bond acceptors (Lipinski definition) is 3. The molecule has 2 aromatic heterocycles. The fourth-order valence-corrected chi connectivity index (χ4v) is 9.04. The van der Waals surface area contributed by atoms with Crippen LogP contribution in [-0.4, -0.2) is 19.5 Å². The van der Waals surface area contributed by atoms with E-state index >= 15 is 0 Å². The van der Waals surface area contributed by atoms with E-state index in [2.05, 4.69) is 150 Å². The molecule has 0 radical (unpaired) electrons. The van der Waals surface area contributed by atoms with Gasteiger partial charge in [-0.2, -0.15) is 0 Å². The molecular weight excluding hydrogens is 717 g/mol. The molecule has 0 saturated heterocycles. The van der Waals surface area contributed by atoms with E-state index in [4.69, 9.17) is 15.0 Å². The van der Waals surface area contributed by atoms with Crippen molar-refractivity contribution in [3.05, 3.63) is 206 Å². The van der Waals surface area contributed by atoms with E-state index < -0.39 is 0 Å². The zero-order chi connectivity index (χ0) is 38.9. The second-order valence-electron chi connectivity index (χ2n) is 15.2. The van der Waals surface area contributed by atoms with Crippen molar-refractivity contribution < 1.29 is 0 Å². The highest BCUT2D eigenvalue weighted by Crippen LogP contribution is 2.42. The smallest absolute Gasteiger partial charge is 0.164 e. The van der Waals surface area contributed by atoms with Crippen molar-refractivity contribution in [2.75, 3.05) is 0 Å². The highest BCUT2D eigenvalue weighted by atomic mass is 15.0. The Bertz CT molecular complexity index is 3530. The van der Waals surface area contributed by atoms with Crippen LogP contribution in [0.5, 0.6) is 0 Å². The van der Waals surface area contributed by atoms with E-state index in [-0.39, 0.29) is 0 Å². The molecule has 274 valence electrons. The van der Waals surface area contributed by atoms with Crippen LogP contribution < -0.4 is 0 Å². The molecule has 59 heavy (non-hydrogen) atoms. The maximum Gasteiger partial charge on any atom is 0.164 e. The molecule has 0 bridgehead atoms. The number of fused-ring (bicyclic) bond motifs is 10. The first kappa shape index (κ1) is 33.2. The van der Waals surface area contributed by atoms with Crippen molar-refractivity contribution in [2.45, 2.75) is 0 Å². The maximum absolute atomic E-state index is 5.07. The summed E-state index contributed by atoms with van der Waals surface area (Å²) >= 11 is 0. The minimum absolute atomic E-state index is 0.647. The first-order valence-electron chi connectivity index (χ1n) is 20.0. The van der Waals surface area contributed by atoms with Gasteiger partial charge in [-0.05, 0) is 90.6 Å².